The number of hydrogen-bond acceptors (Lipinski definition) is 3. The first-order valence-corrected chi connectivity index (χ1v) is 7.33. The van der Waals surface area contributed by atoms with Gasteiger partial charge >= 0.3 is 0 Å². The number of furan rings is 1. The van der Waals surface area contributed by atoms with Crippen LogP contribution in [0.1, 0.15) is 28.4 Å². The molecule has 0 atom stereocenters. The third-order valence-corrected chi connectivity index (χ3v) is 4.36. The number of hydrogen-bond donors (Lipinski definition) is 0. The highest BCUT2D eigenvalue weighted by molar-refractivity contribution is 5.94. The van der Waals surface area contributed by atoms with Gasteiger partial charge in [-0.2, -0.15) is 0 Å². The second-order valence-electron chi connectivity index (χ2n) is 5.80. The van der Waals surface area contributed by atoms with Crippen molar-refractivity contribution in [3.63, 3.8) is 0 Å². The number of fused-ring (bicyclic) bond motifs is 5. The highest BCUT2D eigenvalue weighted by Crippen LogP contribution is 2.37. The summed E-state index contributed by atoms with van der Waals surface area (Å²) in [5, 5.41) is 1.12. The van der Waals surface area contributed by atoms with Crippen molar-refractivity contribution in [2.24, 2.45) is 0 Å². The standard InChI is InChI=1S/C18H15NO3/c1-10-4-3-5-12-13-6-7-19-9-14(11(2)20)16(21)8-15(19)18(13)22-17(10)12/h3-5,8-9H,6-7H2,1-2H3. The van der Waals surface area contributed by atoms with Crippen molar-refractivity contribution in [1.29, 1.82) is 0 Å². The number of Topliss-reactive ketones (excluding diaryl/α,β-unsaturated/α-hetero) is 1. The molecule has 0 amide bonds. The first-order chi connectivity index (χ1) is 10.6. The topological polar surface area (TPSA) is 52.2 Å². The van der Waals surface area contributed by atoms with E-state index < -0.39 is 0 Å². The summed E-state index contributed by atoms with van der Waals surface area (Å²) in [5.74, 6) is 0.550. The van der Waals surface area contributed by atoms with Crippen LogP contribution in [0.5, 0.6) is 0 Å². The van der Waals surface area contributed by atoms with Crippen molar-refractivity contribution >= 4 is 16.8 Å². The Kier molecular flexibility index (Phi) is 2.64. The number of benzene rings is 1. The normalized spacial score (nSPS) is 13.0. The van der Waals surface area contributed by atoms with E-state index in [1.807, 2.05) is 23.6 Å². The maximum Gasteiger partial charge on any atom is 0.193 e. The molecule has 22 heavy (non-hydrogen) atoms. The second kappa shape index (κ2) is 4.44. The molecule has 3 heterocycles. The van der Waals surface area contributed by atoms with E-state index in [1.165, 1.54) is 13.0 Å². The van der Waals surface area contributed by atoms with E-state index in [4.69, 9.17) is 4.42 Å². The lowest BCUT2D eigenvalue weighted by Crippen LogP contribution is -2.20. The molecule has 0 fully saturated rings. The second-order valence-corrected chi connectivity index (χ2v) is 5.80. The largest absolute Gasteiger partial charge is 0.454 e. The molecular weight excluding hydrogens is 278 g/mol. The van der Waals surface area contributed by atoms with Crippen molar-refractivity contribution in [3.8, 4) is 11.5 Å². The Hall–Kier alpha value is -2.62. The van der Waals surface area contributed by atoms with Gasteiger partial charge in [-0.15, -0.1) is 0 Å². The smallest absolute Gasteiger partial charge is 0.193 e. The predicted molar refractivity (Wildman–Crippen MR) is 84.4 cm³/mol. The van der Waals surface area contributed by atoms with Crippen molar-refractivity contribution < 1.29 is 9.21 Å². The Balaban J connectivity index is 2.04. The summed E-state index contributed by atoms with van der Waals surface area (Å²) >= 11 is 0. The fraction of sp³-hybridized carbons (Fsp3) is 0.222. The minimum Gasteiger partial charge on any atom is -0.454 e. The number of carbonyl (C=O) groups is 1. The fourth-order valence-electron chi connectivity index (χ4n) is 3.22. The van der Waals surface area contributed by atoms with Crippen molar-refractivity contribution in [1.82, 2.24) is 4.57 Å². The van der Waals surface area contributed by atoms with Crippen LogP contribution in [0.25, 0.3) is 22.4 Å². The van der Waals surface area contributed by atoms with Gasteiger partial charge in [0.25, 0.3) is 0 Å². The molecule has 3 aromatic rings. The lowest BCUT2D eigenvalue weighted by molar-refractivity contribution is 0.101. The Morgan fingerprint density at radius 2 is 2.14 bits per heavy atom. The number of rotatable bonds is 1. The van der Waals surface area contributed by atoms with Crippen LogP contribution in [0.2, 0.25) is 0 Å². The molecule has 1 aliphatic rings. The van der Waals surface area contributed by atoms with E-state index in [1.54, 1.807) is 6.20 Å². The molecule has 1 aromatic carbocycles. The zero-order valence-electron chi connectivity index (χ0n) is 12.5. The van der Waals surface area contributed by atoms with Crippen LogP contribution in [0.4, 0.5) is 0 Å². The Labute approximate surface area is 127 Å². The molecule has 0 saturated carbocycles. The van der Waals surface area contributed by atoms with Gasteiger partial charge in [-0.25, -0.2) is 0 Å². The molecule has 0 unspecified atom stereocenters. The first-order valence-electron chi connectivity index (χ1n) is 7.33. The molecule has 110 valence electrons. The number of carbonyl (C=O) groups excluding carboxylic acids is 1. The van der Waals surface area contributed by atoms with E-state index in [2.05, 4.69) is 6.07 Å². The van der Waals surface area contributed by atoms with Crippen LogP contribution in [-0.4, -0.2) is 10.4 Å². The van der Waals surface area contributed by atoms with Crippen LogP contribution < -0.4 is 5.43 Å². The van der Waals surface area contributed by atoms with Gasteiger partial charge in [-0.3, -0.25) is 9.59 Å². The number of ketones is 1. The average molecular weight is 293 g/mol. The average Bonchev–Trinajstić information content (AvgIpc) is 2.87. The van der Waals surface area contributed by atoms with Gasteiger partial charge in [0.05, 0.1) is 11.3 Å². The fourth-order valence-corrected chi connectivity index (χ4v) is 3.22. The van der Waals surface area contributed by atoms with Gasteiger partial charge in [-0.05, 0) is 25.8 Å². The van der Waals surface area contributed by atoms with Crippen LogP contribution in [-0.2, 0) is 13.0 Å². The molecule has 4 rings (SSSR count). The summed E-state index contributed by atoms with van der Waals surface area (Å²) in [6, 6.07) is 7.62. The zero-order chi connectivity index (χ0) is 15.4. The zero-order valence-corrected chi connectivity index (χ0v) is 12.5. The number of aromatic nitrogens is 1. The molecule has 0 saturated heterocycles. The van der Waals surface area contributed by atoms with Crippen LogP contribution in [0, 0.1) is 6.92 Å². The van der Waals surface area contributed by atoms with Gasteiger partial charge in [-0.1, -0.05) is 18.2 Å². The van der Waals surface area contributed by atoms with E-state index >= 15 is 0 Å². The third-order valence-electron chi connectivity index (χ3n) is 4.36. The van der Waals surface area contributed by atoms with Gasteiger partial charge < -0.3 is 8.98 Å². The van der Waals surface area contributed by atoms with Gasteiger partial charge in [0.2, 0.25) is 0 Å². The van der Waals surface area contributed by atoms with Gasteiger partial charge in [0, 0.05) is 29.8 Å². The van der Waals surface area contributed by atoms with Crippen LogP contribution >= 0.6 is 0 Å². The molecular formula is C18H15NO3. The summed E-state index contributed by atoms with van der Waals surface area (Å²) < 4.78 is 8.00. The van der Waals surface area contributed by atoms with Crippen LogP contribution in [0.15, 0.2) is 39.7 Å². The molecule has 0 radical (unpaired) electrons. The molecule has 0 bridgehead atoms. The predicted octanol–water partition coefficient (Wildman–Crippen LogP) is 3.33. The monoisotopic (exact) mass is 293 g/mol. The summed E-state index contributed by atoms with van der Waals surface area (Å²) in [4.78, 5) is 23.7. The first kappa shape index (κ1) is 13.1. The summed E-state index contributed by atoms with van der Waals surface area (Å²) in [7, 11) is 0. The summed E-state index contributed by atoms with van der Waals surface area (Å²) in [6.07, 6.45) is 2.49. The molecule has 0 spiro atoms. The number of aryl methyl sites for hydroxylation is 3. The minimum absolute atomic E-state index is 0.202. The molecule has 4 heteroatoms. The maximum absolute atomic E-state index is 12.1. The highest BCUT2D eigenvalue weighted by atomic mass is 16.3. The number of nitrogens with zero attached hydrogens (tertiary/aromatic N) is 1. The van der Waals surface area contributed by atoms with E-state index in [0.717, 1.165) is 46.5 Å². The molecule has 0 N–H and O–H groups in total. The summed E-state index contributed by atoms with van der Waals surface area (Å²) in [5.41, 5.74) is 3.86. The van der Waals surface area contributed by atoms with Gasteiger partial charge in [0.15, 0.2) is 17.0 Å². The number of para-hydroxylation sites is 1. The SMILES string of the molecule is CC(=O)c1cn2c(cc1=O)-c1oc3c(C)cccc3c1CC2. The van der Waals surface area contributed by atoms with E-state index in [9.17, 15) is 9.59 Å². The van der Waals surface area contributed by atoms with Crippen LogP contribution in [0.3, 0.4) is 0 Å². The summed E-state index contributed by atoms with van der Waals surface area (Å²) in [6.45, 7) is 4.18. The quantitative estimate of drug-likeness (QED) is 0.647. The van der Waals surface area contributed by atoms with Crippen molar-refractivity contribution in [2.45, 2.75) is 26.8 Å². The van der Waals surface area contributed by atoms with Crippen molar-refractivity contribution in [3.05, 3.63) is 57.4 Å². The maximum atomic E-state index is 12.1. The molecule has 2 aromatic heterocycles. The lowest BCUT2D eigenvalue weighted by atomic mass is 10.00. The van der Waals surface area contributed by atoms with Gasteiger partial charge in [0.1, 0.15) is 5.58 Å². The molecule has 1 aliphatic heterocycles. The molecule has 4 nitrogen and oxygen atoms in total. The minimum atomic E-state index is -0.247. The van der Waals surface area contributed by atoms with E-state index in [-0.39, 0.29) is 16.8 Å². The third kappa shape index (κ3) is 1.70. The Bertz CT molecular complexity index is 991. The van der Waals surface area contributed by atoms with E-state index in [0.29, 0.717) is 0 Å². The highest BCUT2D eigenvalue weighted by Gasteiger charge is 2.24. The molecule has 0 aliphatic carbocycles. The Morgan fingerprint density at radius 1 is 1.32 bits per heavy atom. The Morgan fingerprint density at radius 3 is 2.91 bits per heavy atom. The number of pyridine rings is 1. The van der Waals surface area contributed by atoms with Crippen molar-refractivity contribution in [2.75, 3.05) is 0 Å². The lowest BCUT2D eigenvalue weighted by Gasteiger charge is -2.18.